The molecule has 3 rings (SSSR count). The van der Waals surface area contributed by atoms with Crippen molar-refractivity contribution in [2.24, 2.45) is 17.8 Å². The van der Waals surface area contributed by atoms with Gasteiger partial charge in [-0.1, -0.05) is 33.0 Å². The molecule has 32 heavy (non-hydrogen) atoms. The molecule has 1 aliphatic heterocycles. The zero-order valence-electron chi connectivity index (χ0n) is 21.1. The van der Waals surface area contributed by atoms with Gasteiger partial charge in [-0.2, -0.15) is 0 Å². The fourth-order valence-electron chi connectivity index (χ4n) is 5.12. The fourth-order valence-corrected chi connectivity index (χ4v) is 7.18. The summed E-state index contributed by atoms with van der Waals surface area (Å²) in [4.78, 5) is 0. The largest absolute Gasteiger partial charge is 0.393 e. The van der Waals surface area contributed by atoms with Crippen LogP contribution in [-0.2, 0) is 9.47 Å². The lowest BCUT2D eigenvalue weighted by Gasteiger charge is -2.24. The second kappa shape index (κ2) is 11.6. The van der Waals surface area contributed by atoms with Gasteiger partial charge < -0.3 is 14.6 Å². The van der Waals surface area contributed by atoms with Crippen LogP contribution in [0.15, 0.2) is 0 Å². The molecule has 0 aromatic carbocycles. The molecule has 0 aromatic rings. The monoisotopic (exact) mass is 482 g/mol. The summed E-state index contributed by atoms with van der Waals surface area (Å²) in [6.45, 7) is 13.2. The van der Waals surface area contributed by atoms with Crippen LogP contribution in [0.3, 0.4) is 0 Å². The highest BCUT2D eigenvalue weighted by atomic mass is 31.2. The second-order valence-corrected chi connectivity index (χ2v) is 20.8. The molecule has 2 aliphatic carbocycles. The van der Waals surface area contributed by atoms with Crippen LogP contribution in [0, 0.1) is 17.8 Å². The van der Waals surface area contributed by atoms with E-state index in [9.17, 15) is 5.11 Å². The van der Waals surface area contributed by atoms with E-state index in [2.05, 4.69) is 46.2 Å². The Labute approximate surface area is 203 Å². The van der Waals surface area contributed by atoms with Gasteiger partial charge >= 0.3 is 0 Å². The predicted molar refractivity (Wildman–Crippen MR) is 152 cm³/mol. The molecule has 0 spiro atoms. The van der Waals surface area contributed by atoms with Gasteiger partial charge in [0.05, 0.1) is 34.0 Å². The number of hydrogen-bond donors (Lipinski definition) is 1. The van der Waals surface area contributed by atoms with E-state index in [0.29, 0.717) is 11.8 Å². The van der Waals surface area contributed by atoms with Crippen LogP contribution in [0.1, 0.15) is 53.9 Å². The topological polar surface area (TPSA) is 38.7 Å². The van der Waals surface area contributed by atoms with Crippen molar-refractivity contribution in [1.29, 1.82) is 0 Å². The molecule has 184 valence electrons. The molecule has 4 radical (unpaired) electrons. The molecular weight excluding hydrogens is 432 g/mol. The van der Waals surface area contributed by atoms with Gasteiger partial charge in [0.15, 0.2) is 5.79 Å². The Hall–Kier alpha value is 0.610. The number of aliphatic hydroxyl groups is 1. The Morgan fingerprint density at radius 2 is 1.31 bits per heavy atom. The van der Waals surface area contributed by atoms with Crippen molar-refractivity contribution in [2.75, 3.05) is 39.0 Å². The summed E-state index contributed by atoms with van der Waals surface area (Å²) in [7, 11) is 12.1. The summed E-state index contributed by atoms with van der Waals surface area (Å²) in [5.74, 6) is 1.12. The number of fused-ring (bicyclic) bond motifs is 1. The first-order valence-electron chi connectivity index (χ1n) is 11.9. The second-order valence-electron chi connectivity index (χ2n) is 12.1. The Morgan fingerprint density at radius 3 is 1.75 bits per heavy atom. The van der Waals surface area contributed by atoms with Gasteiger partial charge in [0.1, 0.15) is 0 Å². The average molecular weight is 482 g/mol. The third kappa shape index (κ3) is 9.00. The van der Waals surface area contributed by atoms with E-state index in [1.165, 1.54) is 18.7 Å². The third-order valence-electron chi connectivity index (χ3n) is 7.11. The molecule has 3 aliphatic rings. The van der Waals surface area contributed by atoms with E-state index < -0.39 is 19.6 Å². The molecule has 2 saturated carbocycles. The lowest BCUT2D eigenvalue weighted by molar-refractivity contribution is -0.156. The minimum absolute atomic E-state index is 0. The Balaban J connectivity index is 0.000000316. The fraction of sp³-hybridized carbons (Fsp3) is 0.920. The minimum Gasteiger partial charge on any atom is -0.393 e. The van der Waals surface area contributed by atoms with Crippen molar-refractivity contribution in [3.05, 3.63) is 0 Å². The maximum atomic E-state index is 9.94. The summed E-state index contributed by atoms with van der Waals surface area (Å²) in [5.41, 5.74) is 0. The van der Waals surface area contributed by atoms with Gasteiger partial charge in [0.2, 0.25) is 0 Å². The van der Waals surface area contributed by atoms with E-state index in [1.807, 2.05) is 13.8 Å². The van der Waals surface area contributed by atoms with Crippen LogP contribution in [0.5, 0.6) is 0 Å². The number of ether oxygens (including phenoxy) is 2. The van der Waals surface area contributed by atoms with Crippen LogP contribution >= 0.6 is 13.8 Å². The Kier molecular flexibility index (Phi) is 11.1. The van der Waals surface area contributed by atoms with Crippen molar-refractivity contribution in [3.63, 3.8) is 0 Å². The molecule has 8 unspecified atom stereocenters. The highest BCUT2D eigenvalue weighted by molar-refractivity contribution is 7.72. The summed E-state index contributed by atoms with van der Waals surface area (Å²) in [6, 6.07) is 0. The molecule has 1 saturated heterocycles. The maximum Gasteiger partial charge on any atom is 0.163 e. The van der Waals surface area contributed by atoms with Gasteiger partial charge in [-0.05, 0) is 89.2 Å². The molecule has 0 amide bonds. The zero-order chi connectivity index (χ0) is 23.8. The normalized spacial score (nSPS) is 38.5. The Bertz CT molecular complexity index is 687. The lowest BCUT2D eigenvalue weighted by atomic mass is 9.79. The lowest BCUT2D eigenvalue weighted by Crippen LogP contribution is -2.25. The van der Waals surface area contributed by atoms with Crippen LogP contribution in [0.25, 0.3) is 0 Å². The standard InChI is InChI=1S/C13H24BO2P.C11H22BOP.CH4/c1-13(2)15-11-9(6-7-17(3,4)5)8-10(14)12(11)16-13;1-8-10(12)7-9(11(8)13)5-6-14(2,3)4;/h9-12H,3,6-8H2,1-2,4-5H3;8-11,13H,2,5-7H2,1,3-4H3;1H4. The minimum atomic E-state index is -0.944. The van der Waals surface area contributed by atoms with Crippen LogP contribution in [0.4, 0.5) is 0 Å². The van der Waals surface area contributed by atoms with Crippen LogP contribution < -0.4 is 0 Å². The van der Waals surface area contributed by atoms with Gasteiger partial charge in [-0.25, -0.2) is 0 Å². The molecule has 7 heteroatoms. The summed E-state index contributed by atoms with van der Waals surface area (Å²) < 4.78 is 11.9. The molecule has 1 heterocycles. The molecule has 0 aromatic heterocycles. The van der Waals surface area contributed by atoms with Crippen molar-refractivity contribution < 1.29 is 14.6 Å². The van der Waals surface area contributed by atoms with Gasteiger partial charge in [-0.3, -0.25) is 0 Å². The third-order valence-corrected chi connectivity index (χ3v) is 10.0. The number of aliphatic hydroxyl groups excluding tert-OH is 1. The summed E-state index contributed by atoms with van der Waals surface area (Å²) in [6.07, 6.45) is 15.3. The van der Waals surface area contributed by atoms with Crippen molar-refractivity contribution in [1.82, 2.24) is 0 Å². The quantitative estimate of drug-likeness (QED) is 0.414. The van der Waals surface area contributed by atoms with Gasteiger partial charge in [-0.15, -0.1) is 26.4 Å². The molecule has 3 fully saturated rings. The van der Waals surface area contributed by atoms with E-state index >= 15 is 0 Å². The Morgan fingerprint density at radius 1 is 0.875 bits per heavy atom. The van der Waals surface area contributed by atoms with E-state index in [-0.39, 0.29) is 43.3 Å². The van der Waals surface area contributed by atoms with E-state index in [0.717, 1.165) is 19.3 Å². The highest BCUT2D eigenvalue weighted by Gasteiger charge is 2.51. The van der Waals surface area contributed by atoms with E-state index in [4.69, 9.17) is 25.2 Å². The van der Waals surface area contributed by atoms with Crippen molar-refractivity contribution in [3.8, 4) is 0 Å². The summed E-state index contributed by atoms with van der Waals surface area (Å²) >= 11 is 0. The molecule has 3 nitrogen and oxygen atoms in total. The van der Waals surface area contributed by atoms with Crippen molar-refractivity contribution >= 4 is 42.1 Å². The molecule has 1 N–H and O–H groups in total. The first-order chi connectivity index (χ1) is 14.0. The van der Waals surface area contributed by atoms with Gasteiger partial charge in [0.25, 0.3) is 0 Å². The predicted octanol–water partition coefficient (Wildman–Crippen LogP) is 5.28. The SMILES string of the molecule is C.[B]C1CC(CCP(=C)(C)C)C(O)C1C.[B]C1CC(CCP(=C)(C)C)C2OC(C)(C)OC12. The zero-order valence-corrected chi connectivity index (χ0v) is 22.9. The van der Waals surface area contributed by atoms with Crippen molar-refractivity contribution in [2.45, 2.75) is 89.6 Å². The van der Waals surface area contributed by atoms with Gasteiger partial charge in [0, 0.05) is 0 Å². The molecule has 0 bridgehead atoms. The number of rotatable bonds is 6. The van der Waals surface area contributed by atoms with Crippen LogP contribution in [0.2, 0.25) is 11.6 Å². The maximum absolute atomic E-state index is 9.94. The smallest absolute Gasteiger partial charge is 0.163 e. The first-order valence-corrected chi connectivity index (χ1v) is 18.0. The summed E-state index contributed by atoms with van der Waals surface area (Å²) in [5, 5.41) is 9.94. The van der Waals surface area contributed by atoms with Crippen LogP contribution in [-0.4, -0.2) is 96.5 Å². The molecular formula is C25H50B2O3P2. The highest BCUT2D eigenvalue weighted by Crippen LogP contribution is 2.49. The van der Waals surface area contributed by atoms with E-state index in [1.54, 1.807) is 0 Å². The number of hydrogen-bond acceptors (Lipinski definition) is 3. The first kappa shape index (κ1) is 30.6. The molecule has 8 atom stereocenters. The average Bonchev–Trinajstić information content (AvgIpc) is 3.16.